The van der Waals surface area contributed by atoms with Crippen LogP contribution in [-0.4, -0.2) is 28.0 Å². The molecule has 1 saturated carbocycles. The van der Waals surface area contributed by atoms with Gasteiger partial charge in [-0.3, -0.25) is 9.59 Å². The molecule has 0 aliphatic heterocycles. The Morgan fingerprint density at radius 3 is 2.65 bits per heavy atom. The molecule has 0 radical (unpaired) electrons. The minimum absolute atomic E-state index is 0.160. The fourth-order valence-electron chi connectivity index (χ4n) is 3.31. The molecule has 138 valence electrons. The highest BCUT2D eigenvalue weighted by Crippen LogP contribution is 2.26. The quantitative estimate of drug-likeness (QED) is 0.749. The van der Waals surface area contributed by atoms with Crippen molar-refractivity contribution in [3.05, 3.63) is 40.4 Å². The molecule has 7 heteroatoms. The fraction of sp³-hybridized carbons (Fsp3) is 0.421. The second kappa shape index (κ2) is 8.64. The lowest BCUT2D eigenvalue weighted by Crippen LogP contribution is -2.43. The average Bonchev–Trinajstić information content (AvgIpc) is 2.93. The van der Waals surface area contributed by atoms with Crippen molar-refractivity contribution in [2.24, 2.45) is 5.92 Å². The molecule has 1 aromatic heterocycles. The number of carboxylic acids is 1. The largest absolute Gasteiger partial charge is 0.481 e. The maximum atomic E-state index is 12.4. The van der Waals surface area contributed by atoms with Gasteiger partial charge in [-0.1, -0.05) is 43.0 Å². The second-order valence-electron chi connectivity index (χ2n) is 6.58. The molecule has 0 spiro atoms. The SMILES string of the molecule is O=C(Cc1csc(-c2ccc(Cl)cc2)n1)N[C@H]1CCCCC[C@H]1C(=O)O. The minimum atomic E-state index is -0.823. The Labute approximate surface area is 161 Å². The number of aliphatic carboxylic acids is 1. The average molecular weight is 393 g/mol. The van der Waals surface area contributed by atoms with Gasteiger partial charge in [0, 0.05) is 22.0 Å². The van der Waals surface area contributed by atoms with Crippen LogP contribution in [0, 0.1) is 5.92 Å². The van der Waals surface area contributed by atoms with Gasteiger partial charge >= 0.3 is 5.97 Å². The number of nitrogens with one attached hydrogen (secondary N) is 1. The zero-order valence-electron chi connectivity index (χ0n) is 14.3. The second-order valence-corrected chi connectivity index (χ2v) is 7.88. The summed E-state index contributed by atoms with van der Waals surface area (Å²) in [5.41, 5.74) is 1.65. The third-order valence-electron chi connectivity index (χ3n) is 4.66. The molecule has 0 saturated heterocycles. The number of carbonyl (C=O) groups excluding carboxylic acids is 1. The molecule has 2 atom stereocenters. The first-order valence-corrected chi connectivity index (χ1v) is 10.0. The normalized spacial score (nSPS) is 20.3. The first-order chi connectivity index (χ1) is 12.5. The van der Waals surface area contributed by atoms with Crippen LogP contribution in [0.25, 0.3) is 10.6 Å². The molecule has 0 unspecified atom stereocenters. The number of halogens is 1. The van der Waals surface area contributed by atoms with Gasteiger partial charge in [-0.15, -0.1) is 11.3 Å². The number of benzene rings is 1. The summed E-state index contributed by atoms with van der Waals surface area (Å²) in [6.45, 7) is 0. The summed E-state index contributed by atoms with van der Waals surface area (Å²) in [5.74, 6) is -1.49. The Bertz CT molecular complexity index is 775. The number of hydrogen-bond donors (Lipinski definition) is 2. The van der Waals surface area contributed by atoms with Crippen LogP contribution in [0.1, 0.15) is 37.8 Å². The van der Waals surface area contributed by atoms with E-state index < -0.39 is 11.9 Å². The summed E-state index contributed by atoms with van der Waals surface area (Å²) in [6, 6.07) is 7.12. The zero-order chi connectivity index (χ0) is 18.5. The van der Waals surface area contributed by atoms with E-state index in [9.17, 15) is 14.7 Å². The molecule has 1 amide bonds. The van der Waals surface area contributed by atoms with Crippen LogP contribution in [0.4, 0.5) is 0 Å². The standard InChI is InChI=1S/C19H21ClN2O3S/c20-13-8-6-12(7-9-13)18-21-14(11-26-18)10-17(23)22-16-5-3-1-2-4-15(16)19(24)25/h6-9,11,15-16H,1-5,10H2,(H,22,23)(H,24,25)/t15-,16+/m1/s1. The first kappa shape index (κ1) is 18.9. The molecule has 1 aliphatic rings. The molecule has 0 bridgehead atoms. The van der Waals surface area contributed by atoms with Crippen LogP contribution < -0.4 is 5.32 Å². The van der Waals surface area contributed by atoms with Gasteiger partial charge in [0.15, 0.2) is 0 Å². The highest BCUT2D eigenvalue weighted by atomic mass is 35.5. The van der Waals surface area contributed by atoms with Crippen LogP contribution in [0.2, 0.25) is 5.02 Å². The predicted octanol–water partition coefficient (Wildman–Crippen LogP) is 4.16. The molecule has 5 nitrogen and oxygen atoms in total. The van der Waals surface area contributed by atoms with Gasteiger partial charge in [-0.25, -0.2) is 4.98 Å². The Morgan fingerprint density at radius 2 is 1.92 bits per heavy atom. The number of thiazole rings is 1. The molecule has 1 aromatic carbocycles. The van der Waals surface area contributed by atoms with E-state index in [0.717, 1.165) is 36.3 Å². The topological polar surface area (TPSA) is 79.3 Å². The number of aromatic nitrogens is 1. The van der Waals surface area contributed by atoms with Crippen molar-refractivity contribution in [2.75, 3.05) is 0 Å². The highest BCUT2D eigenvalue weighted by molar-refractivity contribution is 7.13. The third-order valence-corrected chi connectivity index (χ3v) is 5.86. The maximum absolute atomic E-state index is 12.4. The van der Waals surface area contributed by atoms with E-state index in [1.165, 1.54) is 11.3 Å². The Hall–Kier alpha value is -1.92. The monoisotopic (exact) mass is 392 g/mol. The molecule has 2 N–H and O–H groups in total. The lowest BCUT2D eigenvalue weighted by Gasteiger charge is -2.22. The summed E-state index contributed by atoms with van der Waals surface area (Å²) in [6.07, 6.45) is 4.37. The molecule has 26 heavy (non-hydrogen) atoms. The van der Waals surface area contributed by atoms with Gasteiger partial charge < -0.3 is 10.4 Å². The fourth-order valence-corrected chi connectivity index (χ4v) is 4.26. The van der Waals surface area contributed by atoms with Gasteiger partial charge in [-0.2, -0.15) is 0 Å². The van der Waals surface area contributed by atoms with Gasteiger partial charge in [0.05, 0.1) is 18.0 Å². The summed E-state index contributed by atoms with van der Waals surface area (Å²) in [7, 11) is 0. The van der Waals surface area contributed by atoms with Crippen molar-refractivity contribution < 1.29 is 14.7 Å². The third kappa shape index (κ3) is 4.83. The summed E-state index contributed by atoms with van der Waals surface area (Å²) < 4.78 is 0. The van der Waals surface area contributed by atoms with E-state index in [0.29, 0.717) is 17.1 Å². The number of rotatable bonds is 5. The lowest BCUT2D eigenvalue weighted by molar-refractivity contribution is -0.143. The lowest BCUT2D eigenvalue weighted by atomic mass is 9.95. The smallest absolute Gasteiger partial charge is 0.308 e. The number of hydrogen-bond acceptors (Lipinski definition) is 4. The van der Waals surface area contributed by atoms with Crippen LogP contribution in [0.5, 0.6) is 0 Å². The van der Waals surface area contributed by atoms with Crippen molar-refractivity contribution in [2.45, 2.75) is 44.6 Å². The van der Waals surface area contributed by atoms with Gasteiger partial charge in [0.25, 0.3) is 0 Å². The van der Waals surface area contributed by atoms with E-state index in [-0.39, 0.29) is 18.4 Å². The van der Waals surface area contributed by atoms with Crippen molar-refractivity contribution in [3.63, 3.8) is 0 Å². The van der Waals surface area contributed by atoms with E-state index in [1.807, 2.05) is 29.6 Å². The predicted molar refractivity (Wildman–Crippen MR) is 102 cm³/mol. The Balaban J connectivity index is 1.62. The molecule has 1 aliphatic carbocycles. The number of carboxylic acid groups (broad SMARTS) is 1. The van der Waals surface area contributed by atoms with Crippen LogP contribution >= 0.6 is 22.9 Å². The van der Waals surface area contributed by atoms with Crippen LogP contribution in [-0.2, 0) is 16.0 Å². The Morgan fingerprint density at radius 1 is 1.19 bits per heavy atom. The van der Waals surface area contributed by atoms with Crippen LogP contribution in [0.3, 0.4) is 0 Å². The molecular formula is C19H21ClN2O3S. The van der Waals surface area contributed by atoms with Gasteiger partial charge in [0.2, 0.25) is 5.91 Å². The Kier molecular flexibility index (Phi) is 6.27. The van der Waals surface area contributed by atoms with E-state index >= 15 is 0 Å². The highest BCUT2D eigenvalue weighted by Gasteiger charge is 2.30. The maximum Gasteiger partial charge on any atom is 0.308 e. The van der Waals surface area contributed by atoms with E-state index in [4.69, 9.17) is 11.6 Å². The van der Waals surface area contributed by atoms with Crippen LogP contribution in [0.15, 0.2) is 29.6 Å². The molecule has 1 fully saturated rings. The van der Waals surface area contributed by atoms with Crippen molar-refractivity contribution in [1.82, 2.24) is 10.3 Å². The van der Waals surface area contributed by atoms with Crippen molar-refractivity contribution >= 4 is 34.8 Å². The molecule has 2 aromatic rings. The molecule has 1 heterocycles. The van der Waals surface area contributed by atoms with Gasteiger partial charge in [-0.05, 0) is 25.0 Å². The van der Waals surface area contributed by atoms with Crippen molar-refractivity contribution in [1.29, 1.82) is 0 Å². The van der Waals surface area contributed by atoms with Crippen molar-refractivity contribution in [3.8, 4) is 10.6 Å². The molecular weight excluding hydrogens is 372 g/mol. The number of amides is 1. The molecule has 3 rings (SSSR count). The van der Waals surface area contributed by atoms with Gasteiger partial charge in [0.1, 0.15) is 5.01 Å². The minimum Gasteiger partial charge on any atom is -0.481 e. The van der Waals surface area contributed by atoms with E-state index in [1.54, 1.807) is 0 Å². The first-order valence-electron chi connectivity index (χ1n) is 8.75. The zero-order valence-corrected chi connectivity index (χ0v) is 15.9. The van der Waals surface area contributed by atoms with E-state index in [2.05, 4.69) is 10.3 Å². The number of carbonyl (C=O) groups is 2. The summed E-state index contributed by atoms with van der Waals surface area (Å²) in [4.78, 5) is 28.4. The number of nitrogens with zero attached hydrogens (tertiary/aromatic N) is 1. The summed E-state index contributed by atoms with van der Waals surface area (Å²) >= 11 is 7.38. The summed E-state index contributed by atoms with van der Waals surface area (Å²) in [5, 5.41) is 15.7.